The maximum Gasteiger partial charge on any atom is 0.243 e. The second kappa shape index (κ2) is 8.39. The molecule has 0 atom stereocenters. The van der Waals surface area contributed by atoms with Gasteiger partial charge in [-0.1, -0.05) is 19.1 Å². The van der Waals surface area contributed by atoms with Crippen molar-refractivity contribution in [3.63, 3.8) is 0 Å². The zero-order valence-electron chi connectivity index (χ0n) is 18.4. The third-order valence-corrected chi connectivity index (χ3v) is 7.95. The molecule has 9 heteroatoms. The fourth-order valence-corrected chi connectivity index (χ4v) is 5.17. The van der Waals surface area contributed by atoms with Crippen LogP contribution >= 0.6 is 0 Å². The van der Waals surface area contributed by atoms with E-state index in [0.29, 0.717) is 36.9 Å². The molecule has 0 unspecified atom stereocenters. The van der Waals surface area contributed by atoms with Crippen molar-refractivity contribution >= 4 is 15.8 Å². The molecule has 0 amide bonds. The minimum Gasteiger partial charge on any atom is -0.352 e. The number of nitrogens with zero attached hydrogens (tertiary/aromatic N) is 6. The Bertz CT molecular complexity index is 1160. The molecule has 1 saturated heterocycles. The zero-order valence-corrected chi connectivity index (χ0v) is 19.2. The summed E-state index contributed by atoms with van der Waals surface area (Å²) in [6, 6.07) is 11.0. The molecule has 1 aliphatic rings. The molecular weight excluding hydrogens is 412 g/mol. The van der Waals surface area contributed by atoms with Gasteiger partial charge >= 0.3 is 0 Å². The fraction of sp³-hybridized carbons (Fsp3) is 0.409. The Balaban J connectivity index is 1.44. The summed E-state index contributed by atoms with van der Waals surface area (Å²) < 4.78 is 29.3. The van der Waals surface area contributed by atoms with Gasteiger partial charge in [0.1, 0.15) is 0 Å². The average molecular weight is 441 g/mol. The smallest absolute Gasteiger partial charge is 0.243 e. The van der Waals surface area contributed by atoms with E-state index in [1.807, 2.05) is 45.0 Å². The minimum absolute atomic E-state index is 0.350. The third kappa shape index (κ3) is 4.07. The van der Waals surface area contributed by atoms with Gasteiger partial charge in [-0.25, -0.2) is 13.1 Å². The third-order valence-electron chi connectivity index (χ3n) is 6.04. The van der Waals surface area contributed by atoms with Crippen molar-refractivity contribution in [2.24, 2.45) is 0 Å². The van der Waals surface area contributed by atoms with Crippen LogP contribution in [0.2, 0.25) is 0 Å². The summed E-state index contributed by atoms with van der Waals surface area (Å²) in [5, 5.41) is 13.2. The highest BCUT2D eigenvalue weighted by Crippen LogP contribution is 2.21. The number of piperazine rings is 1. The fourth-order valence-electron chi connectivity index (χ4n) is 3.75. The van der Waals surface area contributed by atoms with Crippen LogP contribution in [0.4, 0.5) is 5.82 Å². The molecular formula is C22H28N6O2S. The number of rotatable bonds is 5. The molecule has 1 aliphatic heterocycles. The number of sulfonamides is 1. The summed E-state index contributed by atoms with van der Waals surface area (Å²) in [4.78, 5) is 2.41. The molecule has 0 aliphatic carbocycles. The Morgan fingerprint density at radius 2 is 1.48 bits per heavy atom. The Morgan fingerprint density at radius 1 is 0.871 bits per heavy atom. The maximum atomic E-state index is 13.0. The van der Waals surface area contributed by atoms with Crippen LogP contribution in [-0.4, -0.2) is 58.9 Å². The lowest BCUT2D eigenvalue weighted by molar-refractivity contribution is 0.383. The van der Waals surface area contributed by atoms with Crippen LogP contribution in [0.5, 0.6) is 0 Å². The van der Waals surface area contributed by atoms with Crippen molar-refractivity contribution in [3.05, 3.63) is 58.9 Å². The van der Waals surface area contributed by atoms with Crippen molar-refractivity contribution in [1.29, 1.82) is 0 Å². The molecule has 0 saturated carbocycles. The van der Waals surface area contributed by atoms with E-state index >= 15 is 0 Å². The summed E-state index contributed by atoms with van der Waals surface area (Å²) in [6.45, 7) is 10.1. The maximum absolute atomic E-state index is 13.0. The van der Waals surface area contributed by atoms with Crippen LogP contribution < -0.4 is 4.90 Å². The number of aryl methyl sites for hydroxylation is 2. The van der Waals surface area contributed by atoms with Crippen LogP contribution in [0.15, 0.2) is 41.3 Å². The van der Waals surface area contributed by atoms with Gasteiger partial charge in [-0.05, 0) is 62.6 Å². The standard InChI is InChI=1S/C22H28N6O2S/c1-5-19-6-8-20(9-7-19)31(29,30)27-14-12-26(13-15-27)21-10-11-22(24-23-21)28-18(4)16(2)17(3)25-28/h6-11H,5,12-15H2,1-4H3. The molecule has 0 spiro atoms. The first-order valence-electron chi connectivity index (χ1n) is 10.5. The van der Waals surface area contributed by atoms with Gasteiger partial charge in [0.15, 0.2) is 11.6 Å². The SMILES string of the molecule is CCc1ccc(S(=O)(=O)N2CCN(c3ccc(-n4nc(C)c(C)c4C)nn3)CC2)cc1. The molecule has 0 bridgehead atoms. The van der Waals surface area contributed by atoms with Gasteiger partial charge in [0.25, 0.3) is 0 Å². The van der Waals surface area contributed by atoms with Crippen molar-refractivity contribution in [1.82, 2.24) is 24.3 Å². The highest BCUT2D eigenvalue weighted by molar-refractivity contribution is 7.89. The molecule has 164 valence electrons. The topological polar surface area (TPSA) is 84.2 Å². The molecule has 8 nitrogen and oxygen atoms in total. The predicted molar refractivity (Wildman–Crippen MR) is 120 cm³/mol. The molecule has 31 heavy (non-hydrogen) atoms. The van der Waals surface area contributed by atoms with Crippen molar-refractivity contribution in [2.45, 2.75) is 39.0 Å². The second-order valence-corrected chi connectivity index (χ2v) is 9.78. The predicted octanol–water partition coefficient (Wildman–Crippen LogP) is 2.66. The number of aromatic nitrogens is 4. The van der Waals surface area contributed by atoms with E-state index in [2.05, 4.69) is 27.1 Å². The minimum atomic E-state index is -3.48. The van der Waals surface area contributed by atoms with Crippen molar-refractivity contribution < 1.29 is 8.42 Å². The summed E-state index contributed by atoms with van der Waals surface area (Å²) in [7, 11) is -3.48. The Labute approximate surface area is 183 Å². The van der Waals surface area contributed by atoms with Gasteiger partial charge in [-0.3, -0.25) is 0 Å². The van der Waals surface area contributed by atoms with Gasteiger partial charge in [-0.15, -0.1) is 10.2 Å². The lowest BCUT2D eigenvalue weighted by atomic mass is 10.2. The van der Waals surface area contributed by atoms with Gasteiger partial charge in [0.2, 0.25) is 10.0 Å². The summed E-state index contributed by atoms with van der Waals surface area (Å²) in [5.41, 5.74) is 4.30. The molecule has 3 heterocycles. The Morgan fingerprint density at radius 3 is 2.00 bits per heavy atom. The molecule has 1 fully saturated rings. The lowest BCUT2D eigenvalue weighted by Gasteiger charge is -2.34. The first-order valence-corrected chi connectivity index (χ1v) is 12.0. The highest BCUT2D eigenvalue weighted by atomic mass is 32.2. The molecule has 1 aromatic carbocycles. The van der Waals surface area contributed by atoms with Crippen LogP contribution in [0.1, 0.15) is 29.4 Å². The van der Waals surface area contributed by atoms with Gasteiger partial charge in [0, 0.05) is 31.9 Å². The quantitative estimate of drug-likeness (QED) is 0.607. The van der Waals surface area contributed by atoms with E-state index in [-0.39, 0.29) is 0 Å². The number of hydrogen-bond acceptors (Lipinski definition) is 6. The van der Waals surface area contributed by atoms with Crippen LogP contribution in [0.3, 0.4) is 0 Å². The molecule has 4 rings (SSSR count). The van der Waals surface area contributed by atoms with Gasteiger partial charge in [-0.2, -0.15) is 9.40 Å². The molecule has 3 aromatic rings. The summed E-state index contributed by atoms with van der Waals surface area (Å²) in [6.07, 6.45) is 0.887. The Kier molecular flexibility index (Phi) is 5.81. The second-order valence-electron chi connectivity index (χ2n) is 7.85. The van der Waals surface area contributed by atoms with Crippen LogP contribution in [0, 0.1) is 20.8 Å². The first-order chi connectivity index (χ1) is 14.8. The molecule has 0 radical (unpaired) electrons. The summed E-state index contributed by atoms with van der Waals surface area (Å²) >= 11 is 0. The largest absolute Gasteiger partial charge is 0.352 e. The zero-order chi connectivity index (χ0) is 22.2. The van der Waals surface area contributed by atoms with Gasteiger partial charge < -0.3 is 4.90 Å². The van der Waals surface area contributed by atoms with Crippen molar-refractivity contribution in [3.8, 4) is 5.82 Å². The molecule has 2 aromatic heterocycles. The van der Waals surface area contributed by atoms with E-state index in [1.54, 1.807) is 21.1 Å². The van der Waals surface area contributed by atoms with Crippen LogP contribution in [0.25, 0.3) is 5.82 Å². The number of benzene rings is 1. The summed E-state index contributed by atoms with van der Waals surface area (Å²) in [5.74, 6) is 1.42. The van der Waals surface area contributed by atoms with Crippen molar-refractivity contribution in [2.75, 3.05) is 31.1 Å². The van der Waals surface area contributed by atoms with Gasteiger partial charge in [0.05, 0.1) is 10.6 Å². The normalized spacial score (nSPS) is 15.4. The highest BCUT2D eigenvalue weighted by Gasteiger charge is 2.29. The van der Waals surface area contributed by atoms with E-state index in [9.17, 15) is 8.42 Å². The lowest BCUT2D eigenvalue weighted by Crippen LogP contribution is -2.49. The van der Waals surface area contributed by atoms with E-state index in [1.165, 1.54) is 0 Å². The number of anilines is 1. The molecule has 0 N–H and O–H groups in total. The van der Waals surface area contributed by atoms with E-state index in [0.717, 1.165) is 34.8 Å². The van der Waals surface area contributed by atoms with E-state index in [4.69, 9.17) is 0 Å². The average Bonchev–Trinajstić information content (AvgIpc) is 3.06. The Hall–Kier alpha value is -2.78. The first kappa shape index (κ1) is 21.5. The van der Waals surface area contributed by atoms with Crippen LogP contribution in [-0.2, 0) is 16.4 Å². The van der Waals surface area contributed by atoms with E-state index < -0.39 is 10.0 Å². The monoisotopic (exact) mass is 440 g/mol. The number of hydrogen-bond donors (Lipinski definition) is 0.